The molecule has 2 aromatic rings. The SMILES string of the molecule is O=C(Nc1cccc(C(=O)N2CCN3CCC[C@H]3C2)c1O)Nc1cccc(F)c1Cl. The van der Waals surface area contributed by atoms with E-state index in [4.69, 9.17) is 11.6 Å². The van der Waals surface area contributed by atoms with E-state index >= 15 is 0 Å². The molecule has 2 aliphatic heterocycles. The number of anilines is 2. The number of nitrogens with zero attached hydrogens (tertiary/aromatic N) is 2. The first-order valence-electron chi connectivity index (χ1n) is 9.81. The van der Waals surface area contributed by atoms with Gasteiger partial charge in [-0.1, -0.05) is 23.7 Å². The zero-order chi connectivity index (χ0) is 21.3. The number of fused-ring (bicyclic) bond motifs is 1. The summed E-state index contributed by atoms with van der Waals surface area (Å²) < 4.78 is 13.5. The summed E-state index contributed by atoms with van der Waals surface area (Å²) in [5, 5.41) is 15.3. The van der Waals surface area contributed by atoms with Gasteiger partial charge < -0.3 is 20.6 Å². The maximum atomic E-state index is 13.5. The molecule has 0 unspecified atom stereocenters. The Morgan fingerprint density at radius 2 is 1.80 bits per heavy atom. The third-order valence-corrected chi connectivity index (χ3v) is 5.97. The number of aromatic hydroxyl groups is 1. The average Bonchev–Trinajstić information content (AvgIpc) is 3.20. The van der Waals surface area contributed by atoms with Crippen molar-refractivity contribution in [3.63, 3.8) is 0 Å². The molecule has 0 spiro atoms. The Balaban J connectivity index is 1.46. The van der Waals surface area contributed by atoms with E-state index in [2.05, 4.69) is 15.5 Å². The van der Waals surface area contributed by atoms with Gasteiger partial charge in [-0.3, -0.25) is 9.69 Å². The lowest BCUT2D eigenvalue weighted by Crippen LogP contribution is -2.52. The van der Waals surface area contributed by atoms with Gasteiger partial charge in [-0.05, 0) is 43.7 Å². The first kappa shape index (κ1) is 20.4. The van der Waals surface area contributed by atoms with E-state index in [1.165, 1.54) is 30.3 Å². The van der Waals surface area contributed by atoms with Crippen molar-refractivity contribution < 1.29 is 19.1 Å². The third kappa shape index (κ3) is 4.06. The molecule has 30 heavy (non-hydrogen) atoms. The van der Waals surface area contributed by atoms with Gasteiger partial charge in [-0.15, -0.1) is 0 Å². The third-order valence-electron chi connectivity index (χ3n) is 5.59. The van der Waals surface area contributed by atoms with Gasteiger partial charge in [0.15, 0.2) is 5.75 Å². The number of amides is 3. The van der Waals surface area contributed by atoms with Crippen LogP contribution in [0.4, 0.5) is 20.6 Å². The smallest absolute Gasteiger partial charge is 0.323 e. The van der Waals surface area contributed by atoms with Crippen LogP contribution in [-0.2, 0) is 0 Å². The molecular formula is C21H22ClFN4O3. The first-order chi connectivity index (χ1) is 14.4. The molecule has 2 aromatic carbocycles. The van der Waals surface area contributed by atoms with Crippen molar-refractivity contribution in [2.75, 3.05) is 36.8 Å². The van der Waals surface area contributed by atoms with Gasteiger partial charge in [-0.25, -0.2) is 9.18 Å². The second-order valence-corrected chi connectivity index (χ2v) is 7.84. The minimum atomic E-state index is -0.720. The number of nitrogens with one attached hydrogen (secondary N) is 2. The van der Waals surface area contributed by atoms with Crippen LogP contribution in [0.1, 0.15) is 23.2 Å². The van der Waals surface area contributed by atoms with Crippen LogP contribution in [0.3, 0.4) is 0 Å². The fourth-order valence-corrected chi connectivity index (χ4v) is 4.21. The molecule has 1 atom stereocenters. The fourth-order valence-electron chi connectivity index (χ4n) is 4.04. The number of para-hydroxylation sites is 1. The number of halogens is 2. The van der Waals surface area contributed by atoms with Gasteiger partial charge in [0, 0.05) is 25.7 Å². The largest absolute Gasteiger partial charge is 0.505 e. The summed E-state index contributed by atoms with van der Waals surface area (Å²) in [5.41, 5.74) is 0.295. The summed E-state index contributed by atoms with van der Waals surface area (Å²) in [7, 11) is 0. The molecule has 3 N–H and O–H groups in total. The molecule has 2 aliphatic rings. The molecule has 0 saturated carbocycles. The summed E-state index contributed by atoms with van der Waals surface area (Å²) in [5.74, 6) is -1.24. The maximum absolute atomic E-state index is 13.5. The van der Waals surface area contributed by atoms with E-state index in [-0.39, 0.29) is 33.6 Å². The highest BCUT2D eigenvalue weighted by atomic mass is 35.5. The Bertz CT molecular complexity index is 987. The standard InChI is InChI=1S/C21H22ClFN4O3/c22-18-15(23)6-2-7-16(18)24-21(30)25-17-8-1-5-14(19(17)28)20(29)27-11-10-26-9-3-4-13(26)12-27/h1-2,5-8,13,28H,3-4,9-12H2,(H2,24,25,30)/t13-/m0/s1. The quantitative estimate of drug-likeness (QED) is 0.645. The van der Waals surface area contributed by atoms with Crippen molar-refractivity contribution in [3.05, 3.63) is 52.8 Å². The Hall–Kier alpha value is -2.84. The molecule has 2 saturated heterocycles. The van der Waals surface area contributed by atoms with Crippen molar-refractivity contribution in [3.8, 4) is 5.75 Å². The summed E-state index contributed by atoms with van der Waals surface area (Å²) in [6, 6.07) is 8.29. The van der Waals surface area contributed by atoms with Crippen molar-refractivity contribution in [1.29, 1.82) is 0 Å². The molecule has 2 heterocycles. The molecule has 158 valence electrons. The minimum Gasteiger partial charge on any atom is -0.505 e. The van der Waals surface area contributed by atoms with Crippen molar-refractivity contribution in [2.24, 2.45) is 0 Å². The van der Waals surface area contributed by atoms with Gasteiger partial charge in [0.1, 0.15) is 5.82 Å². The number of hydrogen-bond acceptors (Lipinski definition) is 4. The lowest BCUT2D eigenvalue weighted by atomic mass is 10.1. The van der Waals surface area contributed by atoms with Crippen LogP contribution in [-0.4, -0.2) is 59.1 Å². The summed E-state index contributed by atoms with van der Waals surface area (Å²) in [6.45, 7) is 3.13. The molecule has 9 heteroatoms. The van der Waals surface area contributed by atoms with E-state index in [1.54, 1.807) is 11.0 Å². The van der Waals surface area contributed by atoms with E-state index < -0.39 is 11.8 Å². The van der Waals surface area contributed by atoms with E-state index in [9.17, 15) is 19.1 Å². The molecule has 4 rings (SSSR count). The number of piperazine rings is 1. The van der Waals surface area contributed by atoms with E-state index in [0.29, 0.717) is 19.1 Å². The van der Waals surface area contributed by atoms with Gasteiger partial charge >= 0.3 is 6.03 Å². The zero-order valence-electron chi connectivity index (χ0n) is 16.2. The van der Waals surface area contributed by atoms with Gasteiger partial charge in [0.2, 0.25) is 0 Å². The second-order valence-electron chi connectivity index (χ2n) is 7.47. The number of benzene rings is 2. The Kier molecular flexibility index (Phi) is 5.78. The Morgan fingerprint density at radius 1 is 1.07 bits per heavy atom. The molecule has 0 aromatic heterocycles. The molecule has 7 nitrogen and oxygen atoms in total. The summed E-state index contributed by atoms with van der Waals surface area (Å²) in [6.07, 6.45) is 2.21. The maximum Gasteiger partial charge on any atom is 0.323 e. The molecule has 0 radical (unpaired) electrons. The fraction of sp³-hybridized carbons (Fsp3) is 0.333. The first-order valence-corrected chi connectivity index (χ1v) is 10.2. The number of phenols is 1. The minimum absolute atomic E-state index is 0.0744. The van der Waals surface area contributed by atoms with Gasteiger partial charge in [-0.2, -0.15) is 0 Å². The lowest BCUT2D eigenvalue weighted by Gasteiger charge is -2.37. The van der Waals surface area contributed by atoms with Crippen LogP contribution < -0.4 is 10.6 Å². The normalized spacial score (nSPS) is 18.7. The molecule has 0 aliphatic carbocycles. The Morgan fingerprint density at radius 3 is 2.63 bits per heavy atom. The molecule has 0 bridgehead atoms. The number of urea groups is 1. The summed E-state index contributed by atoms with van der Waals surface area (Å²) >= 11 is 5.84. The highest BCUT2D eigenvalue weighted by molar-refractivity contribution is 6.34. The second kappa shape index (κ2) is 8.49. The van der Waals surface area contributed by atoms with Crippen LogP contribution in [0.2, 0.25) is 5.02 Å². The van der Waals surface area contributed by atoms with E-state index in [1.807, 2.05) is 0 Å². The monoisotopic (exact) mass is 432 g/mol. The number of carbonyl (C=O) groups excluding carboxylic acids is 2. The van der Waals surface area contributed by atoms with Gasteiger partial charge in [0.05, 0.1) is 22.0 Å². The average molecular weight is 433 g/mol. The number of phenolic OH excluding ortho intramolecular Hbond substituents is 1. The highest BCUT2D eigenvalue weighted by Crippen LogP contribution is 2.31. The summed E-state index contributed by atoms with van der Waals surface area (Å²) in [4.78, 5) is 29.4. The van der Waals surface area contributed by atoms with Gasteiger partial charge in [0.25, 0.3) is 5.91 Å². The Labute approximate surface area is 178 Å². The van der Waals surface area contributed by atoms with Crippen LogP contribution in [0.25, 0.3) is 0 Å². The topological polar surface area (TPSA) is 84.9 Å². The van der Waals surface area contributed by atoms with Crippen molar-refractivity contribution in [1.82, 2.24) is 9.80 Å². The van der Waals surface area contributed by atoms with Crippen LogP contribution in [0, 0.1) is 5.82 Å². The van der Waals surface area contributed by atoms with Crippen molar-refractivity contribution in [2.45, 2.75) is 18.9 Å². The zero-order valence-corrected chi connectivity index (χ0v) is 17.0. The number of carbonyl (C=O) groups is 2. The highest BCUT2D eigenvalue weighted by Gasteiger charge is 2.33. The van der Waals surface area contributed by atoms with Crippen molar-refractivity contribution >= 4 is 34.9 Å². The number of rotatable bonds is 3. The van der Waals surface area contributed by atoms with Crippen LogP contribution in [0.5, 0.6) is 5.75 Å². The molecular weight excluding hydrogens is 411 g/mol. The number of hydrogen-bond donors (Lipinski definition) is 3. The predicted molar refractivity (Wildman–Crippen MR) is 113 cm³/mol. The molecule has 3 amide bonds. The molecule has 2 fully saturated rings. The van der Waals surface area contributed by atoms with Crippen LogP contribution >= 0.6 is 11.6 Å². The lowest BCUT2D eigenvalue weighted by molar-refractivity contribution is 0.0568. The van der Waals surface area contributed by atoms with E-state index in [0.717, 1.165) is 25.9 Å². The van der Waals surface area contributed by atoms with Crippen LogP contribution in [0.15, 0.2) is 36.4 Å². The predicted octanol–water partition coefficient (Wildman–Crippen LogP) is 3.75.